The predicted molar refractivity (Wildman–Crippen MR) is 111 cm³/mol. The fourth-order valence-corrected chi connectivity index (χ4v) is 4.92. The van der Waals surface area contributed by atoms with Crippen LogP contribution in [-0.2, 0) is 0 Å². The van der Waals surface area contributed by atoms with Crippen LogP contribution in [-0.4, -0.2) is 42.0 Å². The second kappa shape index (κ2) is 7.00. The lowest BCUT2D eigenvalue weighted by molar-refractivity contribution is 0.0746. The Labute approximate surface area is 165 Å². The van der Waals surface area contributed by atoms with E-state index in [9.17, 15) is 4.79 Å². The summed E-state index contributed by atoms with van der Waals surface area (Å²) < 4.78 is 2.26. The lowest BCUT2D eigenvalue weighted by Crippen LogP contribution is -2.48. The first kappa shape index (κ1) is 17.5. The maximum atomic E-state index is 12.8. The van der Waals surface area contributed by atoms with Crippen molar-refractivity contribution in [3.05, 3.63) is 57.6 Å². The number of thiazole rings is 1. The Bertz CT molecular complexity index is 976. The molecule has 1 aromatic heterocycles. The Hall–Kier alpha value is -1.92. The van der Waals surface area contributed by atoms with Crippen LogP contribution in [0.3, 0.4) is 0 Å². The molecule has 6 heteroatoms. The summed E-state index contributed by atoms with van der Waals surface area (Å²) in [5.41, 5.74) is 4.08. The van der Waals surface area contributed by atoms with Crippen molar-refractivity contribution >= 4 is 48.5 Å². The number of nitrogens with zero attached hydrogens (tertiary/aromatic N) is 3. The molecule has 4 rings (SSSR count). The van der Waals surface area contributed by atoms with Crippen LogP contribution in [0.5, 0.6) is 0 Å². The number of aryl methyl sites for hydroxylation is 2. The van der Waals surface area contributed by atoms with Crippen LogP contribution in [0.2, 0.25) is 0 Å². The van der Waals surface area contributed by atoms with Gasteiger partial charge in [0.15, 0.2) is 5.13 Å². The number of halogens is 1. The molecule has 3 aromatic rings. The van der Waals surface area contributed by atoms with E-state index in [1.54, 1.807) is 11.3 Å². The monoisotopic (exact) mass is 429 g/mol. The highest BCUT2D eigenvalue weighted by Gasteiger charge is 2.24. The lowest BCUT2D eigenvalue weighted by atomic mass is 10.0. The van der Waals surface area contributed by atoms with E-state index in [-0.39, 0.29) is 5.91 Å². The van der Waals surface area contributed by atoms with E-state index in [1.807, 2.05) is 36.1 Å². The summed E-state index contributed by atoms with van der Waals surface area (Å²) in [6, 6.07) is 12.2. The van der Waals surface area contributed by atoms with Gasteiger partial charge in [-0.3, -0.25) is 4.79 Å². The number of amides is 1. The maximum absolute atomic E-state index is 12.8. The Morgan fingerprint density at radius 1 is 1.08 bits per heavy atom. The molecule has 2 heterocycles. The number of hydrogen-bond acceptors (Lipinski definition) is 4. The van der Waals surface area contributed by atoms with E-state index < -0.39 is 0 Å². The number of aromatic nitrogens is 1. The van der Waals surface area contributed by atoms with E-state index in [2.05, 4.69) is 39.9 Å². The van der Waals surface area contributed by atoms with Crippen molar-refractivity contribution in [2.24, 2.45) is 0 Å². The Morgan fingerprint density at radius 3 is 2.58 bits per heavy atom. The van der Waals surface area contributed by atoms with E-state index >= 15 is 0 Å². The summed E-state index contributed by atoms with van der Waals surface area (Å²) in [6.07, 6.45) is 0. The fourth-order valence-electron chi connectivity index (χ4n) is 3.35. The Balaban J connectivity index is 1.47. The van der Waals surface area contributed by atoms with Crippen LogP contribution < -0.4 is 4.90 Å². The highest BCUT2D eigenvalue weighted by molar-refractivity contribution is 9.10. The molecule has 0 radical (unpaired) electrons. The minimum Gasteiger partial charge on any atom is -0.345 e. The molecule has 0 N–H and O–H groups in total. The first-order valence-corrected chi connectivity index (χ1v) is 10.3. The van der Waals surface area contributed by atoms with Crippen LogP contribution >= 0.6 is 27.3 Å². The van der Waals surface area contributed by atoms with Gasteiger partial charge in [0.1, 0.15) is 0 Å². The molecule has 1 saturated heterocycles. The third kappa shape index (κ3) is 3.35. The van der Waals surface area contributed by atoms with Crippen molar-refractivity contribution in [3.63, 3.8) is 0 Å². The largest absolute Gasteiger partial charge is 0.345 e. The summed E-state index contributed by atoms with van der Waals surface area (Å²) >= 11 is 5.22. The van der Waals surface area contributed by atoms with E-state index in [0.29, 0.717) is 0 Å². The molecule has 4 nitrogen and oxygen atoms in total. The van der Waals surface area contributed by atoms with Crippen LogP contribution in [0.4, 0.5) is 5.13 Å². The minimum atomic E-state index is 0.135. The number of piperazine rings is 1. The molecule has 0 aliphatic carbocycles. The van der Waals surface area contributed by atoms with Gasteiger partial charge in [0, 0.05) is 36.2 Å². The van der Waals surface area contributed by atoms with Crippen molar-refractivity contribution in [2.45, 2.75) is 13.8 Å². The topological polar surface area (TPSA) is 36.4 Å². The standard InChI is InChI=1S/C20H20BrN3OS/c1-13-3-5-16(14(2)11-13)19(25)23-7-9-24(10-8-23)20-22-17-6-4-15(21)12-18(17)26-20/h3-6,11-12H,7-10H2,1-2H3. The SMILES string of the molecule is Cc1ccc(C(=O)N2CCN(c3nc4ccc(Br)cc4s3)CC2)c(C)c1. The van der Waals surface area contributed by atoms with E-state index in [4.69, 9.17) is 4.98 Å². The van der Waals surface area contributed by atoms with Crippen molar-refractivity contribution in [2.75, 3.05) is 31.1 Å². The second-order valence-electron chi connectivity index (χ2n) is 6.71. The molecule has 1 amide bonds. The maximum Gasteiger partial charge on any atom is 0.254 e. The molecular formula is C20H20BrN3OS. The van der Waals surface area contributed by atoms with Crippen molar-refractivity contribution in [1.82, 2.24) is 9.88 Å². The summed E-state index contributed by atoms with van der Waals surface area (Å²) in [5.74, 6) is 0.135. The average molecular weight is 430 g/mol. The molecule has 0 bridgehead atoms. The zero-order valence-electron chi connectivity index (χ0n) is 14.8. The molecule has 0 saturated carbocycles. The van der Waals surface area contributed by atoms with Gasteiger partial charge >= 0.3 is 0 Å². The highest BCUT2D eigenvalue weighted by atomic mass is 79.9. The van der Waals surface area contributed by atoms with Gasteiger partial charge in [-0.15, -0.1) is 0 Å². The number of benzene rings is 2. The molecule has 1 aliphatic rings. The number of anilines is 1. The number of fused-ring (bicyclic) bond motifs is 1. The van der Waals surface area contributed by atoms with E-state index in [1.165, 1.54) is 10.3 Å². The molecule has 134 valence electrons. The molecule has 0 spiro atoms. The molecule has 1 fully saturated rings. The zero-order valence-corrected chi connectivity index (χ0v) is 17.2. The van der Waals surface area contributed by atoms with Crippen LogP contribution in [0.15, 0.2) is 40.9 Å². The average Bonchev–Trinajstić information content (AvgIpc) is 3.04. The van der Waals surface area contributed by atoms with Gasteiger partial charge in [-0.1, -0.05) is 45.0 Å². The molecule has 0 unspecified atom stereocenters. The van der Waals surface area contributed by atoms with Crippen LogP contribution in [0, 0.1) is 13.8 Å². The molecular weight excluding hydrogens is 410 g/mol. The molecule has 2 aromatic carbocycles. The molecule has 26 heavy (non-hydrogen) atoms. The van der Waals surface area contributed by atoms with Crippen LogP contribution in [0.1, 0.15) is 21.5 Å². The molecule has 1 aliphatic heterocycles. The van der Waals surface area contributed by atoms with Gasteiger partial charge in [0.05, 0.1) is 10.2 Å². The van der Waals surface area contributed by atoms with Crippen molar-refractivity contribution in [1.29, 1.82) is 0 Å². The summed E-state index contributed by atoms with van der Waals surface area (Å²) in [6.45, 7) is 7.15. The first-order valence-electron chi connectivity index (χ1n) is 8.69. The number of carbonyl (C=O) groups is 1. The second-order valence-corrected chi connectivity index (χ2v) is 8.63. The Morgan fingerprint density at radius 2 is 1.85 bits per heavy atom. The normalized spacial score (nSPS) is 14.9. The van der Waals surface area contributed by atoms with Gasteiger partial charge in [-0.05, 0) is 43.7 Å². The van der Waals surface area contributed by atoms with Gasteiger partial charge < -0.3 is 9.80 Å². The number of hydrogen-bond donors (Lipinski definition) is 0. The number of rotatable bonds is 2. The highest BCUT2D eigenvalue weighted by Crippen LogP contribution is 2.31. The third-order valence-corrected chi connectivity index (χ3v) is 6.36. The van der Waals surface area contributed by atoms with Crippen molar-refractivity contribution in [3.8, 4) is 0 Å². The van der Waals surface area contributed by atoms with Crippen LogP contribution in [0.25, 0.3) is 10.2 Å². The summed E-state index contributed by atoms with van der Waals surface area (Å²) in [4.78, 5) is 21.8. The van der Waals surface area contributed by atoms with Gasteiger partial charge in [0.2, 0.25) is 0 Å². The van der Waals surface area contributed by atoms with Gasteiger partial charge in [-0.2, -0.15) is 0 Å². The summed E-state index contributed by atoms with van der Waals surface area (Å²) in [7, 11) is 0. The predicted octanol–water partition coefficient (Wildman–Crippen LogP) is 4.64. The van der Waals surface area contributed by atoms with Gasteiger partial charge in [-0.25, -0.2) is 4.98 Å². The van der Waals surface area contributed by atoms with Gasteiger partial charge in [0.25, 0.3) is 5.91 Å². The van der Waals surface area contributed by atoms with Crippen molar-refractivity contribution < 1.29 is 4.79 Å². The number of carbonyl (C=O) groups excluding carboxylic acids is 1. The molecule has 0 atom stereocenters. The summed E-state index contributed by atoms with van der Waals surface area (Å²) in [5, 5.41) is 1.04. The lowest BCUT2D eigenvalue weighted by Gasteiger charge is -2.34. The smallest absolute Gasteiger partial charge is 0.254 e. The quantitative estimate of drug-likeness (QED) is 0.595. The Kier molecular flexibility index (Phi) is 4.71. The van der Waals surface area contributed by atoms with E-state index in [0.717, 1.165) is 52.4 Å². The zero-order chi connectivity index (χ0) is 18.3. The minimum absolute atomic E-state index is 0.135. The first-order chi connectivity index (χ1) is 12.5. The third-order valence-electron chi connectivity index (χ3n) is 4.79. The fraction of sp³-hybridized carbons (Fsp3) is 0.300.